The van der Waals surface area contributed by atoms with Crippen LogP contribution in [0.5, 0.6) is 0 Å². The zero-order valence-electron chi connectivity index (χ0n) is 13.7. The van der Waals surface area contributed by atoms with Gasteiger partial charge in [-0.15, -0.1) is 0 Å². The molecule has 1 amide bonds. The fraction of sp³-hybridized carbons (Fsp3) is 0.412. The maximum Gasteiger partial charge on any atom is 0.242 e. The van der Waals surface area contributed by atoms with Crippen LogP contribution in [0.2, 0.25) is 0 Å². The third-order valence-electron chi connectivity index (χ3n) is 3.62. The summed E-state index contributed by atoms with van der Waals surface area (Å²) in [5.74, 6) is 0.804. The predicted octanol–water partition coefficient (Wildman–Crippen LogP) is 3.40. The van der Waals surface area contributed by atoms with Crippen molar-refractivity contribution < 1.29 is 9.53 Å². The first kappa shape index (κ1) is 17.7. The number of nitrogens with zero attached hydrogens (tertiary/aromatic N) is 3. The molecule has 0 aliphatic rings. The number of carbonyl (C=O) groups is 1. The number of hydrogen-bond acceptors (Lipinski definition) is 3. The highest BCUT2D eigenvalue weighted by Gasteiger charge is 2.16. The molecule has 0 spiro atoms. The number of imidazole rings is 1. The van der Waals surface area contributed by atoms with Crippen molar-refractivity contribution in [1.82, 2.24) is 14.5 Å². The Morgan fingerprint density at radius 1 is 1.43 bits per heavy atom. The summed E-state index contributed by atoms with van der Waals surface area (Å²) in [5.41, 5.74) is 1.08. The van der Waals surface area contributed by atoms with E-state index in [1.165, 1.54) is 0 Å². The molecule has 1 heterocycles. The molecule has 0 unspecified atom stereocenters. The molecule has 0 aliphatic heterocycles. The Hall–Kier alpha value is -1.66. The van der Waals surface area contributed by atoms with Crippen LogP contribution in [0.15, 0.2) is 41.1 Å². The molecule has 0 N–H and O–H groups in total. The topological polar surface area (TPSA) is 47.4 Å². The van der Waals surface area contributed by atoms with Gasteiger partial charge in [0.1, 0.15) is 18.5 Å². The molecule has 5 nitrogen and oxygen atoms in total. The summed E-state index contributed by atoms with van der Waals surface area (Å²) in [4.78, 5) is 18.5. The van der Waals surface area contributed by atoms with Crippen molar-refractivity contribution in [3.05, 3.63) is 52.5 Å². The van der Waals surface area contributed by atoms with E-state index in [-0.39, 0.29) is 18.6 Å². The standard InChI is InChI=1S/C17H22BrN3O2/c1-4-23-13(2)17-19-9-10-21(17)12-16(22)20(3)11-14-7-5-6-8-15(14)18/h5-10,13H,4,11-12H2,1-3H3/t13-/m1/s1. The summed E-state index contributed by atoms with van der Waals surface area (Å²) >= 11 is 3.51. The molecule has 0 aliphatic carbocycles. The fourth-order valence-corrected chi connectivity index (χ4v) is 2.78. The van der Waals surface area contributed by atoms with Crippen LogP contribution >= 0.6 is 15.9 Å². The van der Waals surface area contributed by atoms with Crippen LogP contribution in [-0.4, -0.2) is 34.0 Å². The summed E-state index contributed by atoms with van der Waals surface area (Å²) < 4.78 is 8.42. The van der Waals surface area contributed by atoms with Gasteiger partial charge in [-0.3, -0.25) is 4.79 Å². The van der Waals surface area contributed by atoms with E-state index in [9.17, 15) is 4.79 Å². The van der Waals surface area contributed by atoms with Crippen LogP contribution in [0.1, 0.15) is 31.3 Å². The Morgan fingerprint density at radius 3 is 2.87 bits per heavy atom. The number of benzene rings is 1. The largest absolute Gasteiger partial charge is 0.371 e. The van der Waals surface area contributed by atoms with E-state index in [1.807, 2.05) is 55.9 Å². The predicted molar refractivity (Wildman–Crippen MR) is 92.9 cm³/mol. The van der Waals surface area contributed by atoms with Crippen LogP contribution in [0.4, 0.5) is 0 Å². The number of likely N-dealkylation sites (N-methyl/N-ethyl adjacent to an activating group) is 1. The second-order valence-corrected chi connectivity index (χ2v) is 6.21. The van der Waals surface area contributed by atoms with E-state index in [0.29, 0.717) is 13.2 Å². The van der Waals surface area contributed by atoms with Gasteiger partial charge >= 0.3 is 0 Å². The molecular formula is C17H22BrN3O2. The minimum atomic E-state index is -0.128. The Morgan fingerprint density at radius 2 is 2.17 bits per heavy atom. The minimum Gasteiger partial charge on any atom is -0.371 e. The summed E-state index contributed by atoms with van der Waals surface area (Å²) in [5, 5.41) is 0. The Labute approximate surface area is 145 Å². The van der Waals surface area contributed by atoms with Crippen LogP contribution in [0.25, 0.3) is 0 Å². The second kappa shape index (κ2) is 8.26. The lowest BCUT2D eigenvalue weighted by Gasteiger charge is -2.20. The summed E-state index contributed by atoms with van der Waals surface area (Å²) in [6.07, 6.45) is 3.39. The molecular weight excluding hydrogens is 358 g/mol. The monoisotopic (exact) mass is 379 g/mol. The van der Waals surface area contributed by atoms with Crippen LogP contribution in [-0.2, 0) is 22.6 Å². The van der Waals surface area contributed by atoms with Gasteiger partial charge in [0, 0.05) is 37.1 Å². The van der Waals surface area contributed by atoms with E-state index < -0.39 is 0 Å². The lowest BCUT2D eigenvalue weighted by Crippen LogP contribution is -2.30. The van der Waals surface area contributed by atoms with Crippen molar-refractivity contribution in [1.29, 1.82) is 0 Å². The maximum absolute atomic E-state index is 12.5. The number of amides is 1. The number of ether oxygens (including phenoxy) is 1. The molecule has 0 fully saturated rings. The highest BCUT2D eigenvalue weighted by Crippen LogP contribution is 2.18. The Balaban J connectivity index is 2.02. The van der Waals surface area contributed by atoms with E-state index in [1.54, 1.807) is 11.1 Å². The third-order valence-corrected chi connectivity index (χ3v) is 4.40. The molecule has 1 atom stereocenters. The molecule has 0 saturated heterocycles. The molecule has 23 heavy (non-hydrogen) atoms. The van der Waals surface area contributed by atoms with Gasteiger partial charge in [0.2, 0.25) is 5.91 Å². The Bertz CT molecular complexity index is 657. The zero-order chi connectivity index (χ0) is 16.8. The molecule has 1 aromatic heterocycles. The van der Waals surface area contributed by atoms with Gasteiger partial charge in [-0.05, 0) is 25.5 Å². The van der Waals surface area contributed by atoms with Crippen molar-refractivity contribution in [2.45, 2.75) is 33.0 Å². The highest BCUT2D eigenvalue weighted by atomic mass is 79.9. The molecule has 1 aromatic carbocycles. The minimum absolute atomic E-state index is 0.0312. The van der Waals surface area contributed by atoms with Gasteiger partial charge < -0.3 is 14.2 Å². The molecule has 2 aromatic rings. The van der Waals surface area contributed by atoms with Crippen molar-refractivity contribution >= 4 is 21.8 Å². The Kier molecular flexibility index (Phi) is 6.36. The zero-order valence-corrected chi connectivity index (χ0v) is 15.3. The van der Waals surface area contributed by atoms with Crippen LogP contribution in [0.3, 0.4) is 0 Å². The number of carbonyl (C=O) groups excluding carboxylic acids is 1. The number of aromatic nitrogens is 2. The summed E-state index contributed by atoms with van der Waals surface area (Å²) in [7, 11) is 1.81. The normalized spacial score (nSPS) is 12.2. The van der Waals surface area contributed by atoms with Crippen molar-refractivity contribution in [3.8, 4) is 0 Å². The van der Waals surface area contributed by atoms with Crippen LogP contribution in [0, 0.1) is 0 Å². The molecule has 0 radical (unpaired) electrons. The van der Waals surface area contributed by atoms with Crippen molar-refractivity contribution in [2.24, 2.45) is 0 Å². The molecule has 0 bridgehead atoms. The maximum atomic E-state index is 12.5. The van der Waals surface area contributed by atoms with E-state index in [0.717, 1.165) is 15.9 Å². The SMILES string of the molecule is CCO[C@H](C)c1nccn1CC(=O)N(C)Cc1ccccc1Br. The second-order valence-electron chi connectivity index (χ2n) is 5.35. The van der Waals surface area contributed by atoms with Crippen LogP contribution < -0.4 is 0 Å². The highest BCUT2D eigenvalue weighted by molar-refractivity contribution is 9.10. The third kappa shape index (κ3) is 4.65. The summed E-state index contributed by atoms with van der Waals surface area (Å²) in [6, 6.07) is 7.91. The van der Waals surface area contributed by atoms with Gasteiger partial charge in [-0.1, -0.05) is 34.1 Å². The molecule has 0 saturated carbocycles. The quantitative estimate of drug-likeness (QED) is 0.740. The van der Waals surface area contributed by atoms with Gasteiger partial charge in [-0.25, -0.2) is 4.98 Å². The number of hydrogen-bond donors (Lipinski definition) is 0. The molecule has 2 rings (SSSR count). The average Bonchev–Trinajstić information content (AvgIpc) is 2.98. The van der Waals surface area contributed by atoms with E-state index in [2.05, 4.69) is 20.9 Å². The average molecular weight is 380 g/mol. The van der Waals surface area contributed by atoms with Gasteiger partial charge in [0.05, 0.1) is 0 Å². The van der Waals surface area contributed by atoms with E-state index in [4.69, 9.17) is 4.74 Å². The summed E-state index contributed by atoms with van der Waals surface area (Å²) in [6.45, 7) is 5.32. The van der Waals surface area contributed by atoms with Crippen molar-refractivity contribution in [3.63, 3.8) is 0 Å². The first-order valence-electron chi connectivity index (χ1n) is 7.63. The van der Waals surface area contributed by atoms with E-state index >= 15 is 0 Å². The molecule has 6 heteroatoms. The lowest BCUT2D eigenvalue weighted by molar-refractivity contribution is -0.131. The van der Waals surface area contributed by atoms with Gasteiger partial charge in [-0.2, -0.15) is 0 Å². The number of halogens is 1. The fourth-order valence-electron chi connectivity index (χ4n) is 2.37. The van der Waals surface area contributed by atoms with Gasteiger partial charge in [0.25, 0.3) is 0 Å². The lowest BCUT2D eigenvalue weighted by atomic mass is 10.2. The first-order chi connectivity index (χ1) is 11.0. The van der Waals surface area contributed by atoms with Gasteiger partial charge in [0.15, 0.2) is 0 Å². The first-order valence-corrected chi connectivity index (χ1v) is 8.42. The number of rotatable bonds is 7. The smallest absolute Gasteiger partial charge is 0.242 e. The van der Waals surface area contributed by atoms with Crippen molar-refractivity contribution in [2.75, 3.05) is 13.7 Å². The molecule has 124 valence electrons.